The smallest absolute Gasteiger partial charge is 0.131 e. The van der Waals surface area contributed by atoms with Gasteiger partial charge in [-0.1, -0.05) is 60.7 Å². The number of hydrogen-bond donors (Lipinski definition) is 0. The van der Waals surface area contributed by atoms with Gasteiger partial charge in [-0.05, 0) is 118 Å². The van der Waals surface area contributed by atoms with Crippen LogP contribution in [0.1, 0.15) is 47.4 Å². The second-order valence-corrected chi connectivity index (χ2v) is 11.1. The number of methoxy groups -OCH3 is 2. The number of halogens is 1. The first-order valence-electron chi connectivity index (χ1n) is 14.7. The lowest BCUT2D eigenvalue weighted by Crippen LogP contribution is -2.11. The molecule has 3 nitrogen and oxygen atoms in total. The van der Waals surface area contributed by atoms with E-state index in [9.17, 15) is 4.39 Å². The van der Waals surface area contributed by atoms with E-state index in [4.69, 9.17) is 9.47 Å². The van der Waals surface area contributed by atoms with E-state index in [1.165, 1.54) is 56.5 Å². The lowest BCUT2D eigenvalue weighted by molar-refractivity contribution is 0.405. The third kappa shape index (κ3) is 5.42. The fourth-order valence-electron chi connectivity index (χ4n) is 6.50. The van der Waals surface area contributed by atoms with Crippen molar-refractivity contribution in [3.05, 3.63) is 125 Å². The second kappa shape index (κ2) is 12.2. The topological polar surface area (TPSA) is 31.4 Å². The maximum Gasteiger partial charge on any atom is 0.131 e. The van der Waals surface area contributed by atoms with Crippen molar-refractivity contribution in [2.75, 3.05) is 14.2 Å². The van der Waals surface area contributed by atoms with Gasteiger partial charge in [0.1, 0.15) is 17.3 Å². The van der Waals surface area contributed by atoms with Gasteiger partial charge in [0.15, 0.2) is 0 Å². The Morgan fingerprint density at radius 3 is 2.43 bits per heavy atom. The minimum atomic E-state index is -0.124. The molecule has 0 radical (unpaired) electrons. The van der Waals surface area contributed by atoms with Crippen molar-refractivity contribution < 1.29 is 13.9 Å². The molecule has 42 heavy (non-hydrogen) atoms. The molecule has 7 rings (SSSR count). The van der Waals surface area contributed by atoms with Gasteiger partial charge in [-0.25, -0.2) is 4.39 Å². The van der Waals surface area contributed by atoms with Crippen LogP contribution in [0.3, 0.4) is 0 Å². The molecule has 1 heterocycles. The number of aromatic nitrogens is 1. The lowest BCUT2D eigenvalue weighted by atomic mass is 9.77. The minimum absolute atomic E-state index is 0.124. The van der Waals surface area contributed by atoms with Crippen LogP contribution in [0.2, 0.25) is 0 Å². The van der Waals surface area contributed by atoms with Crippen molar-refractivity contribution in [3.63, 3.8) is 0 Å². The molecule has 0 saturated heterocycles. The zero-order chi connectivity index (χ0) is 29.1. The molecule has 0 bridgehead atoms. The first-order chi connectivity index (χ1) is 20.6. The summed E-state index contributed by atoms with van der Waals surface area (Å²) in [6, 6.07) is 28.7. The van der Waals surface area contributed by atoms with Gasteiger partial charge in [-0.2, -0.15) is 0 Å². The number of nitrogens with zero attached hydrogens (tertiary/aromatic N) is 1. The van der Waals surface area contributed by atoms with Crippen molar-refractivity contribution in [3.8, 4) is 11.5 Å². The normalized spacial score (nSPS) is 14.3. The Kier molecular flexibility index (Phi) is 8.05. The molecule has 1 unspecified atom stereocenters. The molecule has 1 aliphatic carbocycles. The summed E-state index contributed by atoms with van der Waals surface area (Å²) in [7, 11) is 3.44. The fourth-order valence-corrected chi connectivity index (χ4v) is 6.50. The van der Waals surface area contributed by atoms with E-state index in [2.05, 4.69) is 41.4 Å². The first-order valence-corrected chi connectivity index (χ1v) is 14.7. The molecule has 0 spiro atoms. The molecule has 0 N–H and O–H groups in total. The lowest BCUT2D eigenvalue weighted by Gasteiger charge is -2.27. The van der Waals surface area contributed by atoms with E-state index in [0.29, 0.717) is 5.92 Å². The van der Waals surface area contributed by atoms with Crippen molar-refractivity contribution in [2.45, 2.75) is 44.9 Å². The SMILES string of the molecule is COc1cccc2c1c(OC)cc1c3c(ccc12)C(CCc1ccc(F)c(C)c1)CCC3.c1ccc2cnccc2c1. The summed E-state index contributed by atoms with van der Waals surface area (Å²) in [6.07, 6.45) is 9.23. The quantitative estimate of drug-likeness (QED) is 0.198. The van der Waals surface area contributed by atoms with Crippen LogP contribution in [0.4, 0.5) is 4.39 Å². The highest BCUT2D eigenvalue weighted by atomic mass is 19.1. The molecule has 0 fully saturated rings. The zero-order valence-corrected chi connectivity index (χ0v) is 24.5. The van der Waals surface area contributed by atoms with Crippen LogP contribution in [0.25, 0.3) is 32.3 Å². The summed E-state index contributed by atoms with van der Waals surface area (Å²) in [5, 5.41) is 7.20. The van der Waals surface area contributed by atoms with Gasteiger partial charge in [0.2, 0.25) is 0 Å². The molecule has 0 saturated carbocycles. The summed E-state index contributed by atoms with van der Waals surface area (Å²) in [6.45, 7) is 1.84. The van der Waals surface area contributed by atoms with Crippen molar-refractivity contribution in [1.29, 1.82) is 0 Å². The first kappa shape index (κ1) is 27.7. The van der Waals surface area contributed by atoms with Crippen LogP contribution in [0.15, 0.2) is 97.3 Å². The van der Waals surface area contributed by atoms with Crippen LogP contribution in [0, 0.1) is 12.7 Å². The third-order valence-corrected chi connectivity index (χ3v) is 8.64. The zero-order valence-electron chi connectivity index (χ0n) is 24.5. The highest BCUT2D eigenvalue weighted by molar-refractivity contribution is 6.13. The molecule has 0 amide bonds. The van der Waals surface area contributed by atoms with Gasteiger partial charge < -0.3 is 9.47 Å². The molecular weight excluding hydrogens is 521 g/mol. The number of aryl methyl sites for hydroxylation is 3. The fraction of sp³-hybridized carbons (Fsp3) is 0.237. The van der Waals surface area contributed by atoms with E-state index in [0.717, 1.165) is 41.7 Å². The Hall–Kier alpha value is -4.44. The van der Waals surface area contributed by atoms with Gasteiger partial charge in [-0.15, -0.1) is 0 Å². The van der Waals surface area contributed by atoms with Crippen molar-refractivity contribution in [2.24, 2.45) is 0 Å². The number of pyridine rings is 1. The molecular formula is C38H36FNO2. The van der Waals surface area contributed by atoms with E-state index in [1.54, 1.807) is 20.3 Å². The highest BCUT2D eigenvalue weighted by Crippen LogP contribution is 2.44. The number of rotatable bonds is 5. The molecule has 212 valence electrons. The average molecular weight is 558 g/mol. The Labute approximate surface area is 246 Å². The molecule has 5 aromatic carbocycles. The van der Waals surface area contributed by atoms with E-state index in [-0.39, 0.29) is 5.82 Å². The highest BCUT2D eigenvalue weighted by Gasteiger charge is 2.23. The van der Waals surface area contributed by atoms with E-state index in [1.807, 2.05) is 61.8 Å². The second-order valence-electron chi connectivity index (χ2n) is 11.1. The van der Waals surface area contributed by atoms with Crippen LogP contribution in [-0.2, 0) is 12.8 Å². The van der Waals surface area contributed by atoms with Gasteiger partial charge in [0.25, 0.3) is 0 Å². The van der Waals surface area contributed by atoms with Crippen molar-refractivity contribution >= 4 is 32.3 Å². The predicted molar refractivity (Wildman–Crippen MR) is 171 cm³/mol. The standard InChI is InChI=1S/C29H29FO2.C9H7N/c1-18-16-19(11-15-26(18)30)10-12-20-6-4-7-22-21(20)13-14-23-24-8-5-9-27(31-2)29(24)28(32-3)17-25(22)23;1-2-4-9-7-10-6-5-8(9)3-1/h5,8-9,11,13-17,20H,4,6-7,10,12H2,1-3H3;1-7H. The van der Waals surface area contributed by atoms with E-state index >= 15 is 0 Å². The molecule has 1 atom stereocenters. The van der Waals surface area contributed by atoms with Crippen LogP contribution in [-0.4, -0.2) is 19.2 Å². The largest absolute Gasteiger partial charge is 0.496 e. The maximum absolute atomic E-state index is 13.6. The number of ether oxygens (including phenoxy) is 2. The number of benzene rings is 5. The summed E-state index contributed by atoms with van der Waals surface area (Å²) in [5.74, 6) is 2.11. The van der Waals surface area contributed by atoms with Crippen LogP contribution in [0.5, 0.6) is 11.5 Å². The average Bonchev–Trinajstić information content (AvgIpc) is 3.04. The summed E-state index contributed by atoms with van der Waals surface area (Å²) < 4.78 is 25.1. The van der Waals surface area contributed by atoms with Gasteiger partial charge in [-0.3, -0.25) is 4.98 Å². The molecule has 1 aliphatic rings. The number of fused-ring (bicyclic) bond motifs is 6. The molecule has 0 aliphatic heterocycles. The minimum Gasteiger partial charge on any atom is -0.496 e. The molecule has 6 aromatic rings. The van der Waals surface area contributed by atoms with Gasteiger partial charge >= 0.3 is 0 Å². The van der Waals surface area contributed by atoms with E-state index < -0.39 is 0 Å². The Balaban J connectivity index is 0.000000265. The van der Waals surface area contributed by atoms with Gasteiger partial charge in [0, 0.05) is 12.4 Å². The summed E-state index contributed by atoms with van der Waals surface area (Å²) >= 11 is 0. The predicted octanol–water partition coefficient (Wildman–Crippen LogP) is 9.75. The van der Waals surface area contributed by atoms with Crippen molar-refractivity contribution in [1.82, 2.24) is 4.98 Å². The molecule has 4 heteroatoms. The third-order valence-electron chi connectivity index (χ3n) is 8.64. The van der Waals surface area contributed by atoms with Crippen LogP contribution >= 0.6 is 0 Å². The Bertz CT molecular complexity index is 1810. The van der Waals surface area contributed by atoms with Gasteiger partial charge in [0.05, 0.1) is 19.6 Å². The Morgan fingerprint density at radius 2 is 1.64 bits per heavy atom. The Morgan fingerprint density at radius 1 is 0.810 bits per heavy atom. The molecule has 1 aromatic heterocycles. The summed E-state index contributed by atoms with van der Waals surface area (Å²) in [5.41, 5.74) is 4.87. The number of hydrogen-bond acceptors (Lipinski definition) is 3. The van der Waals surface area contributed by atoms with Crippen LogP contribution < -0.4 is 9.47 Å². The summed E-state index contributed by atoms with van der Waals surface area (Å²) in [4.78, 5) is 4.01. The maximum atomic E-state index is 13.6. The monoisotopic (exact) mass is 557 g/mol.